The lowest BCUT2D eigenvalue weighted by molar-refractivity contribution is 0.584. The van der Waals surface area contributed by atoms with Crippen LogP contribution in [0.4, 0.5) is 11.4 Å². The fourth-order valence-electron chi connectivity index (χ4n) is 1.54. The molecule has 0 heterocycles. The van der Waals surface area contributed by atoms with Crippen LogP contribution in [0.3, 0.4) is 0 Å². The maximum Gasteiger partial charge on any atom is 0.211 e. The molecule has 0 aliphatic carbocycles. The molecular weight excluding hydrogens is 314 g/mol. The first-order chi connectivity index (χ1) is 9.75. The number of rotatable bonds is 6. The quantitative estimate of drug-likeness (QED) is 0.802. The van der Waals surface area contributed by atoms with Crippen molar-refractivity contribution in [3.63, 3.8) is 0 Å². The van der Waals surface area contributed by atoms with E-state index in [1.807, 2.05) is 0 Å². The molecular formula is C12H13N3O4S2. The summed E-state index contributed by atoms with van der Waals surface area (Å²) in [5.74, 6) is -0.638. The van der Waals surface area contributed by atoms with Gasteiger partial charge in [-0.3, -0.25) is 9.69 Å². The summed E-state index contributed by atoms with van der Waals surface area (Å²) in [6.07, 6.45) is -0.0522. The zero-order chi connectivity index (χ0) is 16.1. The summed E-state index contributed by atoms with van der Waals surface area (Å²) in [5.41, 5.74) is 0.0515. The van der Waals surface area contributed by atoms with Crippen LogP contribution in [0, 0.1) is 13.1 Å². The van der Waals surface area contributed by atoms with Crippen molar-refractivity contribution in [3.8, 4) is 0 Å². The molecule has 1 rings (SSSR count). The Morgan fingerprint density at radius 1 is 1.05 bits per heavy atom. The predicted molar refractivity (Wildman–Crippen MR) is 78.5 cm³/mol. The van der Waals surface area contributed by atoms with Gasteiger partial charge in [-0.15, -0.1) is 0 Å². The Morgan fingerprint density at radius 2 is 1.67 bits per heavy atom. The first-order valence-corrected chi connectivity index (χ1v) is 9.09. The van der Waals surface area contributed by atoms with E-state index in [0.717, 1.165) is 6.07 Å². The highest BCUT2D eigenvalue weighted by molar-refractivity contribution is 7.91. The fraction of sp³-hybridized carbons (Fsp3) is 0.333. The van der Waals surface area contributed by atoms with Crippen molar-refractivity contribution in [3.05, 3.63) is 41.0 Å². The van der Waals surface area contributed by atoms with Crippen LogP contribution in [-0.2, 0) is 19.9 Å². The van der Waals surface area contributed by atoms with Gasteiger partial charge in [-0.25, -0.2) is 21.6 Å². The van der Waals surface area contributed by atoms with Crippen LogP contribution in [-0.4, -0.2) is 35.4 Å². The number of sulfonamides is 1. The van der Waals surface area contributed by atoms with Crippen LogP contribution in [0.1, 0.15) is 6.42 Å². The minimum Gasteiger partial charge on any atom is -0.250 e. The predicted octanol–water partition coefficient (Wildman–Crippen LogP) is 1.50. The van der Waals surface area contributed by atoms with E-state index in [9.17, 15) is 16.8 Å². The highest BCUT2D eigenvalue weighted by Crippen LogP contribution is 2.31. The van der Waals surface area contributed by atoms with E-state index >= 15 is 0 Å². The number of sulfone groups is 1. The zero-order valence-corrected chi connectivity index (χ0v) is 12.8. The number of nitrogens with one attached hydrogen (secondary N) is 1. The van der Waals surface area contributed by atoms with Crippen molar-refractivity contribution in [2.75, 3.05) is 18.6 Å². The molecule has 0 saturated carbocycles. The van der Waals surface area contributed by atoms with Gasteiger partial charge in [0.15, 0.2) is 21.2 Å². The van der Waals surface area contributed by atoms with Crippen molar-refractivity contribution < 1.29 is 16.8 Å². The van der Waals surface area contributed by atoms with Crippen molar-refractivity contribution in [1.29, 1.82) is 0 Å². The molecule has 0 amide bonds. The van der Waals surface area contributed by atoms with Gasteiger partial charge in [-0.05, 0) is 19.5 Å². The maximum atomic E-state index is 12.1. The number of hydrogen-bond donors (Lipinski definition) is 1. The van der Waals surface area contributed by atoms with Gasteiger partial charge in [-0.1, -0.05) is 12.1 Å². The molecule has 0 saturated heterocycles. The van der Waals surface area contributed by atoms with Gasteiger partial charge >= 0.3 is 0 Å². The highest BCUT2D eigenvalue weighted by Gasteiger charge is 2.18. The molecule has 7 nitrogen and oxygen atoms in total. The third-order valence-corrected chi connectivity index (χ3v) is 5.93. The fourth-order valence-corrected chi connectivity index (χ4v) is 3.78. The first-order valence-electron chi connectivity index (χ1n) is 5.78. The Morgan fingerprint density at radius 3 is 2.19 bits per heavy atom. The second kappa shape index (κ2) is 6.68. The topological polar surface area (TPSA) is 89.0 Å². The van der Waals surface area contributed by atoms with Crippen molar-refractivity contribution in [2.45, 2.75) is 11.3 Å². The average molecular weight is 327 g/mol. The molecule has 0 aliphatic rings. The monoisotopic (exact) mass is 327 g/mol. The third-order valence-electron chi connectivity index (χ3n) is 2.68. The highest BCUT2D eigenvalue weighted by atomic mass is 32.2. The summed E-state index contributed by atoms with van der Waals surface area (Å²) in [6.45, 7) is 13.8. The van der Waals surface area contributed by atoms with Gasteiger partial charge < -0.3 is 0 Å². The van der Waals surface area contributed by atoms with Crippen LogP contribution < -0.4 is 4.72 Å². The lowest BCUT2D eigenvalue weighted by Crippen LogP contribution is -2.23. The molecule has 112 valence electrons. The molecule has 0 atom stereocenters. The van der Waals surface area contributed by atoms with E-state index in [2.05, 4.69) is 14.4 Å². The Bertz CT molecular complexity index is 815. The molecule has 0 aliphatic heterocycles. The molecule has 0 fully saturated rings. The van der Waals surface area contributed by atoms with Crippen LogP contribution in [0.15, 0.2) is 23.1 Å². The SMILES string of the molecule is [C-]#[N+]c1ccc(S(=O)(=O)CCCS(=O)(=O)NC)cc1[N+]#[C-]. The molecule has 9 heteroatoms. The molecule has 0 spiro atoms. The summed E-state index contributed by atoms with van der Waals surface area (Å²) >= 11 is 0. The van der Waals surface area contributed by atoms with Crippen LogP contribution in [0.5, 0.6) is 0 Å². The van der Waals surface area contributed by atoms with E-state index in [0.29, 0.717) is 0 Å². The molecule has 21 heavy (non-hydrogen) atoms. The normalized spacial score (nSPS) is 11.6. The van der Waals surface area contributed by atoms with Gasteiger partial charge in [0.25, 0.3) is 0 Å². The van der Waals surface area contributed by atoms with E-state index in [1.54, 1.807) is 0 Å². The Kier molecular flexibility index (Phi) is 5.44. The zero-order valence-electron chi connectivity index (χ0n) is 11.2. The van der Waals surface area contributed by atoms with Crippen LogP contribution >= 0.6 is 0 Å². The Balaban J connectivity index is 2.95. The summed E-state index contributed by atoms with van der Waals surface area (Å²) < 4.78 is 48.7. The molecule has 1 aromatic carbocycles. The largest absolute Gasteiger partial charge is 0.250 e. The van der Waals surface area contributed by atoms with Crippen molar-refractivity contribution >= 4 is 31.2 Å². The first kappa shape index (κ1) is 17.1. The van der Waals surface area contributed by atoms with Gasteiger partial charge in [0, 0.05) is 0 Å². The molecule has 1 N–H and O–H groups in total. The molecule has 1 aromatic rings. The molecule has 0 radical (unpaired) electrons. The molecule has 0 unspecified atom stereocenters. The Hall–Kier alpha value is -1.94. The number of hydrogen-bond acceptors (Lipinski definition) is 4. The smallest absolute Gasteiger partial charge is 0.211 e. The van der Waals surface area contributed by atoms with Gasteiger partial charge in [0.05, 0.1) is 29.5 Å². The lowest BCUT2D eigenvalue weighted by atomic mass is 10.3. The summed E-state index contributed by atoms with van der Waals surface area (Å²) in [4.78, 5) is 6.16. The van der Waals surface area contributed by atoms with E-state index in [-0.39, 0.29) is 34.2 Å². The van der Waals surface area contributed by atoms with Crippen molar-refractivity contribution in [1.82, 2.24) is 4.72 Å². The summed E-state index contributed by atoms with van der Waals surface area (Å²) in [6, 6.07) is 3.67. The second-order valence-corrected chi connectivity index (χ2v) is 8.22. The number of benzene rings is 1. The standard InChI is InChI=1S/C12H13N3O4S2/c1-13-11-6-5-10(9-12(11)14-2)20(16,17)7-4-8-21(18,19)15-3/h5-6,9,15H,4,7-8H2,3H3. The van der Waals surface area contributed by atoms with Gasteiger partial charge in [0.1, 0.15) is 0 Å². The second-order valence-electron chi connectivity index (χ2n) is 4.07. The summed E-state index contributed by atoms with van der Waals surface area (Å²) in [7, 11) is -5.88. The third kappa shape index (κ3) is 4.53. The van der Waals surface area contributed by atoms with E-state index in [1.165, 1.54) is 19.2 Å². The van der Waals surface area contributed by atoms with E-state index in [4.69, 9.17) is 13.1 Å². The van der Waals surface area contributed by atoms with Gasteiger partial charge in [0.2, 0.25) is 10.0 Å². The minimum atomic E-state index is -3.69. The molecule has 0 bridgehead atoms. The lowest BCUT2D eigenvalue weighted by Gasteiger charge is -2.06. The maximum absolute atomic E-state index is 12.1. The van der Waals surface area contributed by atoms with E-state index < -0.39 is 19.9 Å². The molecule has 0 aromatic heterocycles. The van der Waals surface area contributed by atoms with Crippen LogP contribution in [0.25, 0.3) is 9.69 Å². The van der Waals surface area contributed by atoms with Gasteiger partial charge in [-0.2, -0.15) is 0 Å². The van der Waals surface area contributed by atoms with Crippen molar-refractivity contribution in [2.24, 2.45) is 0 Å². The average Bonchev–Trinajstić information content (AvgIpc) is 2.46. The summed E-state index contributed by atoms with van der Waals surface area (Å²) in [5, 5.41) is 0. The number of nitrogens with zero attached hydrogens (tertiary/aromatic N) is 2. The minimum absolute atomic E-state index is 0.0334. The Labute approximate surface area is 124 Å². The van der Waals surface area contributed by atoms with Crippen LogP contribution in [0.2, 0.25) is 0 Å².